The molecule has 0 radical (unpaired) electrons. The van der Waals surface area contributed by atoms with Crippen LogP contribution in [-0.4, -0.2) is 34.0 Å². The van der Waals surface area contributed by atoms with Crippen LogP contribution in [0.1, 0.15) is 42.5 Å². The van der Waals surface area contributed by atoms with Crippen LogP contribution in [0.5, 0.6) is 5.75 Å². The summed E-state index contributed by atoms with van der Waals surface area (Å²) in [5.74, 6) is 0.879. The van der Waals surface area contributed by atoms with E-state index in [0.717, 1.165) is 0 Å². The number of fused-ring (bicyclic) bond motifs is 1. The zero-order valence-corrected chi connectivity index (χ0v) is 20.1. The van der Waals surface area contributed by atoms with Gasteiger partial charge < -0.3 is 9.64 Å². The first-order chi connectivity index (χ1) is 16.5. The van der Waals surface area contributed by atoms with Crippen LogP contribution in [0.3, 0.4) is 0 Å². The van der Waals surface area contributed by atoms with Gasteiger partial charge in [0.2, 0.25) is 0 Å². The topological polar surface area (TPSA) is 64.4 Å². The van der Waals surface area contributed by atoms with Gasteiger partial charge in [-0.3, -0.25) is 14.2 Å². The predicted molar refractivity (Wildman–Crippen MR) is 135 cm³/mol. The molecule has 0 fully saturated rings. The lowest BCUT2D eigenvalue weighted by atomic mass is 10.1. The van der Waals surface area contributed by atoms with E-state index in [1.807, 2.05) is 50.2 Å². The fraction of sp³-hybridized carbons (Fsp3) is 0.222. The average Bonchev–Trinajstić information content (AvgIpc) is 2.87. The minimum Gasteiger partial charge on any atom is -0.495 e. The van der Waals surface area contributed by atoms with E-state index >= 15 is 0 Å². The summed E-state index contributed by atoms with van der Waals surface area (Å²) >= 11 is 6.02. The van der Waals surface area contributed by atoms with Gasteiger partial charge in [0.1, 0.15) is 11.6 Å². The number of aromatic nitrogens is 2. The Hall–Kier alpha value is -3.64. The van der Waals surface area contributed by atoms with Gasteiger partial charge in [-0.25, -0.2) is 4.98 Å². The standard InChI is InChI=1S/C27H26ClN3O3/c1-4-22(30(5-2)26(32)18-14-16-19(28)17-15-18)25-29-21-11-7-6-10-20(21)27(33)31(25)23-12-8-9-13-24(23)34-3/h6-17,22H,4-5H2,1-3H3. The van der Waals surface area contributed by atoms with Gasteiger partial charge in [-0.05, 0) is 61.9 Å². The molecular formula is C27H26ClN3O3. The first kappa shape index (κ1) is 23.5. The highest BCUT2D eigenvalue weighted by molar-refractivity contribution is 6.30. The van der Waals surface area contributed by atoms with Gasteiger partial charge >= 0.3 is 0 Å². The Balaban J connectivity index is 1.96. The third kappa shape index (κ3) is 4.29. The van der Waals surface area contributed by atoms with Crippen LogP contribution in [0.25, 0.3) is 16.6 Å². The number of para-hydroxylation sites is 3. The summed E-state index contributed by atoms with van der Waals surface area (Å²) in [7, 11) is 1.57. The summed E-state index contributed by atoms with van der Waals surface area (Å²) in [6, 6.07) is 20.9. The Morgan fingerprint density at radius 1 is 1.03 bits per heavy atom. The molecule has 0 spiro atoms. The van der Waals surface area contributed by atoms with Crippen molar-refractivity contribution >= 4 is 28.4 Å². The van der Waals surface area contributed by atoms with E-state index in [-0.39, 0.29) is 11.5 Å². The summed E-state index contributed by atoms with van der Waals surface area (Å²) in [5.41, 5.74) is 1.48. The summed E-state index contributed by atoms with van der Waals surface area (Å²) in [6.45, 7) is 4.34. The van der Waals surface area contributed by atoms with Crippen LogP contribution in [0.15, 0.2) is 77.6 Å². The molecule has 6 nitrogen and oxygen atoms in total. The second-order valence-corrected chi connectivity index (χ2v) is 8.26. The Bertz CT molecular complexity index is 1380. The molecule has 34 heavy (non-hydrogen) atoms. The number of carbonyl (C=O) groups excluding carboxylic acids is 1. The quantitative estimate of drug-likeness (QED) is 0.346. The van der Waals surface area contributed by atoms with Crippen molar-refractivity contribution in [3.63, 3.8) is 0 Å². The monoisotopic (exact) mass is 475 g/mol. The lowest BCUT2D eigenvalue weighted by Crippen LogP contribution is -2.38. The number of nitrogens with zero attached hydrogens (tertiary/aromatic N) is 3. The number of hydrogen-bond donors (Lipinski definition) is 0. The highest BCUT2D eigenvalue weighted by Gasteiger charge is 2.29. The van der Waals surface area contributed by atoms with Gasteiger partial charge in [0.25, 0.3) is 11.5 Å². The van der Waals surface area contributed by atoms with Crippen LogP contribution in [0.2, 0.25) is 5.02 Å². The molecule has 0 bridgehead atoms. The molecule has 0 aliphatic rings. The molecule has 1 unspecified atom stereocenters. The van der Waals surface area contributed by atoms with E-state index in [9.17, 15) is 9.59 Å². The summed E-state index contributed by atoms with van der Waals surface area (Å²) < 4.78 is 7.15. The first-order valence-corrected chi connectivity index (χ1v) is 11.6. The van der Waals surface area contributed by atoms with Gasteiger partial charge in [-0.15, -0.1) is 0 Å². The number of hydrogen-bond acceptors (Lipinski definition) is 4. The molecule has 1 aromatic heterocycles. The molecule has 0 aliphatic carbocycles. The first-order valence-electron chi connectivity index (χ1n) is 11.2. The zero-order valence-electron chi connectivity index (χ0n) is 19.4. The Kier molecular flexibility index (Phi) is 6.98. The van der Waals surface area contributed by atoms with Crippen LogP contribution >= 0.6 is 11.6 Å². The minimum atomic E-state index is -0.449. The van der Waals surface area contributed by atoms with Crippen LogP contribution in [0, 0.1) is 0 Å². The van der Waals surface area contributed by atoms with Crippen molar-refractivity contribution in [2.45, 2.75) is 26.3 Å². The third-order valence-electron chi connectivity index (χ3n) is 5.88. The fourth-order valence-electron chi connectivity index (χ4n) is 4.23. The molecular weight excluding hydrogens is 450 g/mol. The van der Waals surface area contributed by atoms with Crippen molar-refractivity contribution in [2.75, 3.05) is 13.7 Å². The maximum Gasteiger partial charge on any atom is 0.266 e. The van der Waals surface area contributed by atoms with Gasteiger partial charge in [0.05, 0.1) is 29.7 Å². The summed E-state index contributed by atoms with van der Waals surface area (Å²) in [4.78, 5) is 34.0. The van der Waals surface area contributed by atoms with Crippen molar-refractivity contribution in [3.05, 3.63) is 99.6 Å². The smallest absolute Gasteiger partial charge is 0.266 e. The molecule has 4 rings (SSSR count). The molecule has 174 valence electrons. The second-order valence-electron chi connectivity index (χ2n) is 7.82. The van der Waals surface area contributed by atoms with E-state index in [2.05, 4.69) is 0 Å². The number of ether oxygens (including phenoxy) is 1. The molecule has 0 N–H and O–H groups in total. The fourth-order valence-corrected chi connectivity index (χ4v) is 4.35. The lowest BCUT2D eigenvalue weighted by molar-refractivity contribution is 0.0672. The largest absolute Gasteiger partial charge is 0.495 e. The number of rotatable bonds is 7. The Morgan fingerprint density at radius 2 is 1.71 bits per heavy atom. The third-order valence-corrected chi connectivity index (χ3v) is 6.13. The van der Waals surface area contributed by atoms with Crippen LogP contribution in [0.4, 0.5) is 0 Å². The highest BCUT2D eigenvalue weighted by atomic mass is 35.5. The number of amides is 1. The molecule has 1 amide bonds. The number of benzene rings is 3. The van der Waals surface area contributed by atoms with Crippen molar-refractivity contribution in [2.24, 2.45) is 0 Å². The molecule has 0 saturated carbocycles. The molecule has 1 atom stereocenters. The van der Waals surface area contributed by atoms with E-state index in [4.69, 9.17) is 21.3 Å². The Morgan fingerprint density at radius 3 is 2.38 bits per heavy atom. The number of halogens is 1. The summed E-state index contributed by atoms with van der Waals surface area (Å²) in [5, 5.41) is 1.06. The van der Waals surface area contributed by atoms with E-state index in [0.29, 0.717) is 51.7 Å². The van der Waals surface area contributed by atoms with Gasteiger partial charge in [0, 0.05) is 17.1 Å². The second kappa shape index (κ2) is 10.1. The van der Waals surface area contributed by atoms with Crippen molar-refractivity contribution in [3.8, 4) is 11.4 Å². The molecule has 1 heterocycles. The van der Waals surface area contributed by atoms with Crippen molar-refractivity contribution < 1.29 is 9.53 Å². The summed E-state index contributed by atoms with van der Waals surface area (Å²) in [6.07, 6.45) is 0.563. The van der Waals surface area contributed by atoms with Gasteiger partial charge in [-0.1, -0.05) is 42.8 Å². The molecule has 0 aliphatic heterocycles. The normalized spacial score (nSPS) is 11.9. The number of methoxy groups -OCH3 is 1. The van der Waals surface area contributed by atoms with Crippen LogP contribution < -0.4 is 10.3 Å². The highest BCUT2D eigenvalue weighted by Crippen LogP contribution is 2.30. The maximum atomic E-state index is 13.8. The molecule has 3 aromatic carbocycles. The van der Waals surface area contributed by atoms with E-state index in [1.54, 1.807) is 53.0 Å². The van der Waals surface area contributed by atoms with Crippen molar-refractivity contribution in [1.29, 1.82) is 0 Å². The molecule has 0 saturated heterocycles. The molecule has 7 heteroatoms. The lowest BCUT2D eigenvalue weighted by Gasteiger charge is -2.31. The van der Waals surface area contributed by atoms with E-state index in [1.165, 1.54) is 0 Å². The predicted octanol–water partition coefficient (Wildman–Crippen LogP) is 5.66. The van der Waals surface area contributed by atoms with Crippen molar-refractivity contribution in [1.82, 2.24) is 14.5 Å². The SMILES string of the molecule is CCC(c1nc2ccccc2c(=O)n1-c1ccccc1OC)N(CC)C(=O)c1ccc(Cl)cc1. The Labute approximate surface area is 203 Å². The van der Waals surface area contributed by atoms with E-state index < -0.39 is 6.04 Å². The maximum absolute atomic E-state index is 13.8. The van der Waals surface area contributed by atoms with Gasteiger partial charge in [-0.2, -0.15) is 0 Å². The van der Waals surface area contributed by atoms with Gasteiger partial charge in [0.15, 0.2) is 0 Å². The van der Waals surface area contributed by atoms with Crippen LogP contribution in [-0.2, 0) is 0 Å². The molecule has 4 aromatic rings. The number of carbonyl (C=O) groups is 1. The minimum absolute atomic E-state index is 0.153. The zero-order chi connectivity index (χ0) is 24.2. The average molecular weight is 476 g/mol.